The molecule has 1 aliphatic rings. The lowest BCUT2D eigenvalue weighted by atomic mass is 9.89. The molecule has 2 heterocycles. The quantitative estimate of drug-likeness (QED) is 0.891. The molecule has 0 radical (unpaired) electrons. The number of rotatable bonds is 4. The molecule has 1 aromatic carbocycles. The largest absolute Gasteiger partial charge is 0.355 e. The Kier molecular flexibility index (Phi) is 3.91. The van der Waals surface area contributed by atoms with E-state index in [9.17, 15) is 9.59 Å². The number of aromatic nitrogens is 2. The molecule has 22 heavy (non-hydrogen) atoms. The van der Waals surface area contributed by atoms with E-state index in [-0.39, 0.29) is 18.2 Å². The van der Waals surface area contributed by atoms with Crippen LogP contribution in [0.3, 0.4) is 0 Å². The third-order valence-corrected chi connectivity index (χ3v) is 3.99. The van der Waals surface area contributed by atoms with Gasteiger partial charge in [-0.3, -0.25) is 9.59 Å². The monoisotopic (exact) mass is 298 g/mol. The molecule has 0 fully saturated rings. The van der Waals surface area contributed by atoms with Crippen molar-refractivity contribution < 1.29 is 9.59 Å². The second-order valence-electron chi connectivity index (χ2n) is 5.39. The van der Waals surface area contributed by atoms with Crippen molar-refractivity contribution in [1.29, 1.82) is 0 Å². The van der Waals surface area contributed by atoms with Crippen LogP contribution in [0.5, 0.6) is 0 Å². The predicted octanol–water partition coefficient (Wildman–Crippen LogP) is 1.22. The zero-order chi connectivity index (χ0) is 15.5. The third-order valence-electron chi connectivity index (χ3n) is 3.99. The van der Waals surface area contributed by atoms with Crippen molar-refractivity contribution in [3.8, 4) is 0 Å². The Bertz CT molecular complexity index is 681. The van der Waals surface area contributed by atoms with Gasteiger partial charge in [0.05, 0.1) is 12.2 Å². The van der Waals surface area contributed by atoms with Crippen LogP contribution in [0.1, 0.15) is 23.6 Å². The highest BCUT2D eigenvalue weighted by atomic mass is 16.2. The third kappa shape index (κ3) is 2.72. The summed E-state index contributed by atoms with van der Waals surface area (Å²) in [6.45, 7) is 0.518. The first-order valence-electron chi connectivity index (χ1n) is 7.27. The zero-order valence-electron chi connectivity index (χ0n) is 12.4. The number of hydrogen-bond acceptors (Lipinski definition) is 3. The zero-order valence-corrected chi connectivity index (χ0v) is 12.4. The SMILES string of the molecule is CN1C(=O)C[C@@H](C(=O)NCCc2cnc[nH]2)c2ccccc21. The standard InChI is InChI=1S/C16H18N4O2/c1-20-14-5-3-2-4-12(14)13(8-15(20)21)16(22)18-7-6-11-9-17-10-19-11/h2-5,9-10,13H,6-8H2,1H3,(H,17,19)(H,18,22)/t13-/m1/s1. The van der Waals surface area contributed by atoms with Gasteiger partial charge in [0, 0.05) is 44.0 Å². The van der Waals surface area contributed by atoms with Gasteiger partial charge in [0.1, 0.15) is 0 Å². The summed E-state index contributed by atoms with van der Waals surface area (Å²) in [4.78, 5) is 33.0. The number of imidazole rings is 1. The number of anilines is 1. The van der Waals surface area contributed by atoms with Gasteiger partial charge in [0.15, 0.2) is 0 Å². The molecular formula is C16H18N4O2. The van der Waals surface area contributed by atoms with Crippen LogP contribution in [0, 0.1) is 0 Å². The number of hydrogen-bond donors (Lipinski definition) is 2. The highest BCUT2D eigenvalue weighted by Crippen LogP contribution is 2.34. The van der Waals surface area contributed by atoms with Crippen LogP contribution >= 0.6 is 0 Å². The van der Waals surface area contributed by atoms with Crippen LogP contribution in [-0.2, 0) is 16.0 Å². The van der Waals surface area contributed by atoms with E-state index in [0.717, 1.165) is 16.9 Å². The molecule has 0 saturated heterocycles. The van der Waals surface area contributed by atoms with E-state index in [0.29, 0.717) is 13.0 Å². The van der Waals surface area contributed by atoms with Crippen LogP contribution in [0.2, 0.25) is 0 Å². The van der Waals surface area contributed by atoms with Crippen molar-refractivity contribution in [3.63, 3.8) is 0 Å². The number of carbonyl (C=O) groups excluding carboxylic acids is 2. The summed E-state index contributed by atoms with van der Waals surface area (Å²) in [6, 6.07) is 7.56. The van der Waals surface area contributed by atoms with Crippen LogP contribution in [-0.4, -0.2) is 35.4 Å². The van der Waals surface area contributed by atoms with Crippen molar-refractivity contribution in [1.82, 2.24) is 15.3 Å². The molecule has 2 amide bonds. The maximum atomic E-state index is 12.4. The lowest BCUT2D eigenvalue weighted by Crippen LogP contribution is -2.39. The molecule has 1 atom stereocenters. The molecule has 114 valence electrons. The van der Waals surface area contributed by atoms with Gasteiger partial charge in [0.25, 0.3) is 0 Å². The minimum Gasteiger partial charge on any atom is -0.355 e. The van der Waals surface area contributed by atoms with Gasteiger partial charge >= 0.3 is 0 Å². The normalized spacial score (nSPS) is 17.2. The van der Waals surface area contributed by atoms with Crippen LogP contribution in [0.15, 0.2) is 36.8 Å². The summed E-state index contributed by atoms with van der Waals surface area (Å²) in [5, 5.41) is 2.91. The number of nitrogens with one attached hydrogen (secondary N) is 2. The van der Waals surface area contributed by atoms with Gasteiger partial charge in [-0.1, -0.05) is 18.2 Å². The first-order chi connectivity index (χ1) is 10.7. The summed E-state index contributed by atoms with van der Waals surface area (Å²) in [5.41, 5.74) is 2.69. The van der Waals surface area contributed by atoms with E-state index in [2.05, 4.69) is 15.3 Å². The maximum Gasteiger partial charge on any atom is 0.228 e. The highest BCUT2D eigenvalue weighted by molar-refractivity contribution is 6.02. The lowest BCUT2D eigenvalue weighted by Gasteiger charge is -2.30. The van der Waals surface area contributed by atoms with Gasteiger partial charge in [-0.2, -0.15) is 0 Å². The summed E-state index contributed by atoms with van der Waals surface area (Å²) in [6.07, 6.45) is 4.25. The van der Waals surface area contributed by atoms with Crippen molar-refractivity contribution in [2.75, 3.05) is 18.5 Å². The van der Waals surface area contributed by atoms with Crippen LogP contribution < -0.4 is 10.2 Å². The summed E-state index contributed by atoms with van der Waals surface area (Å²) in [5.74, 6) is -0.553. The Morgan fingerprint density at radius 2 is 2.27 bits per heavy atom. The first-order valence-corrected chi connectivity index (χ1v) is 7.27. The Hall–Kier alpha value is -2.63. The number of H-pyrrole nitrogens is 1. The fraction of sp³-hybridized carbons (Fsp3) is 0.312. The number of fused-ring (bicyclic) bond motifs is 1. The van der Waals surface area contributed by atoms with Gasteiger partial charge < -0.3 is 15.2 Å². The van der Waals surface area contributed by atoms with E-state index >= 15 is 0 Å². The second-order valence-corrected chi connectivity index (χ2v) is 5.39. The second kappa shape index (κ2) is 6.01. The number of nitrogens with zero attached hydrogens (tertiary/aromatic N) is 2. The summed E-state index contributed by atoms with van der Waals surface area (Å²) >= 11 is 0. The molecule has 2 N–H and O–H groups in total. The van der Waals surface area contributed by atoms with E-state index in [1.165, 1.54) is 0 Å². The van der Waals surface area contributed by atoms with Crippen molar-refractivity contribution in [3.05, 3.63) is 48.0 Å². The highest BCUT2D eigenvalue weighted by Gasteiger charge is 2.33. The van der Waals surface area contributed by atoms with Crippen LogP contribution in [0.25, 0.3) is 0 Å². The van der Waals surface area contributed by atoms with Gasteiger partial charge in [0.2, 0.25) is 11.8 Å². The average Bonchev–Trinajstić information content (AvgIpc) is 3.04. The average molecular weight is 298 g/mol. The van der Waals surface area contributed by atoms with Gasteiger partial charge in [-0.15, -0.1) is 0 Å². The number of amides is 2. The Morgan fingerprint density at radius 3 is 3.05 bits per heavy atom. The molecule has 2 aromatic rings. The molecule has 0 aliphatic carbocycles. The molecule has 6 nitrogen and oxygen atoms in total. The number of para-hydroxylation sites is 1. The summed E-state index contributed by atoms with van der Waals surface area (Å²) in [7, 11) is 1.74. The molecular weight excluding hydrogens is 280 g/mol. The minimum atomic E-state index is -0.415. The van der Waals surface area contributed by atoms with E-state index in [1.54, 1.807) is 24.5 Å². The molecule has 0 saturated carbocycles. The van der Waals surface area contributed by atoms with E-state index < -0.39 is 5.92 Å². The Morgan fingerprint density at radius 1 is 1.45 bits per heavy atom. The molecule has 0 unspecified atom stereocenters. The van der Waals surface area contributed by atoms with Crippen molar-refractivity contribution >= 4 is 17.5 Å². The van der Waals surface area contributed by atoms with Crippen molar-refractivity contribution in [2.45, 2.75) is 18.8 Å². The Balaban J connectivity index is 1.69. The predicted molar refractivity (Wildman–Crippen MR) is 82.5 cm³/mol. The van der Waals surface area contributed by atoms with Gasteiger partial charge in [-0.25, -0.2) is 4.98 Å². The maximum absolute atomic E-state index is 12.4. The van der Waals surface area contributed by atoms with E-state index in [1.807, 2.05) is 24.3 Å². The molecule has 6 heteroatoms. The summed E-state index contributed by atoms with van der Waals surface area (Å²) < 4.78 is 0. The Labute approximate surface area is 128 Å². The fourth-order valence-electron chi connectivity index (χ4n) is 2.74. The lowest BCUT2D eigenvalue weighted by molar-refractivity contribution is -0.127. The molecule has 0 bridgehead atoms. The topological polar surface area (TPSA) is 78.1 Å². The fourth-order valence-corrected chi connectivity index (χ4v) is 2.74. The molecule has 0 spiro atoms. The van der Waals surface area contributed by atoms with Crippen molar-refractivity contribution in [2.24, 2.45) is 0 Å². The smallest absolute Gasteiger partial charge is 0.228 e. The number of aromatic amines is 1. The van der Waals surface area contributed by atoms with Crippen LogP contribution in [0.4, 0.5) is 5.69 Å². The first kappa shape index (κ1) is 14.3. The molecule has 1 aromatic heterocycles. The minimum absolute atomic E-state index is 0.0348. The van der Waals surface area contributed by atoms with Gasteiger partial charge in [-0.05, 0) is 11.6 Å². The number of benzene rings is 1. The van der Waals surface area contributed by atoms with E-state index in [4.69, 9.17) is 0 Å². The molecule has 3 rings (SSSR count). The molecule has 1 aliphatic heterocycles. The number of carbonyl (C=O) groups is 2.